The summed E-state index contributed by atoms with van der Waals surface area (Å²) in [6.07, 6.45) is 69.0. The number of unbranched alkanes of at least 4 members (excludes halogenated alkanes) is 49. The Morgan fingerprint density at radius 1 is 0.411 bits per heavy atom. The lowest BCUT2D eigenvalue weighted by atomic mass is 10.0. The first-order chi connectivity index (χ1) is 35.5. The molecule has 0 spiro atoms. The number of phosphoric ester groups is 1. The molecule has 73 heavy (non-hydrogen) atoms. The van der Waals surface area contributed by atoms with Crippen LogP contribution in [-0.2, 0) is 18.4 Å². The first-order valence-corrected chi connectivity index (χ1v) is 34.4. The minimum absolute atomic E-state index is 0.0794. The number of hydrogen-bond donors (Lipinski definition) is 3. The highest BCUT2D eigenvalue weighted by atomic mass is 31.2. The lowest BCUT2D eigenvalue weighted by molar-refractivity contribution is -0.870. The van der Waals surface area contributed by atoms with Gasteiger partial charge in [0.15, 0.2) is 0 Å². The zero-order valence-corrected chi connectivity index (χ0v) is 51.1. The second kappa shape index (κ2) is 56.2. The van der Waals surface area contributed by atoms with Gasteiger partial charge in [0, 0.05) is 6.42 Å². The number of carbonyl (C=O) groups excluding carboxylic acids is 1. The molecule has 0 aromatic carbocycles. The molecule has 0 radical (unpaired) electrons. The Labute approximate surface area is 457 Å². The molecule has 0 aromatic heterocycles. The van der Waals surface area contributed by atoms with Crippen molar-refractivity contribution in [1.82, 2.24) is 5.32 Å². The predicted molar refractivity (Wildman–Crippen MR) is 319 cm³/mol. The molecule has 3 N–H and O–H groups in total. The van der Waals surface area contributed by atoms with E-state index >= 15 is 0 Å². The first kappa shape index (κ1) is 72.5. The third-order valence-corrected chi connectivity index (χ3v) is 16.6. The Morgan fingerprint density at radius 2 is 0.658 bits per heavy atom. The number of nitrogens with one attached hydrogen (secondary N) is 1. The molecule has 3 unspecified atom stereocenters. The van der Waals surface area contributed by atoms with E-state index in [0.717, 1.165) is 38.5 Å². The molecule has 0 bridgehead atoms. The maximum atomic E-state index is 13.0. The lowest BCUT2D eigenvalue weighted by Gasteiger charge is -2.26. The third kappa shape index (κ3) is 59.0. The van der Waals surface area contributed by atoms with Crippen molar-refractivity contribution < 1.29 is 32.9 Å². The number of quaternary nitrogens is 1. The fraction of sp³-hybridized carbons (Fsp3) is 0.984. The molecule has 8 nitrogen and oxygen atoms in total. The van der Waals surface area contributed by atoms with Gasteiger partial charge in [0.1, 0.15) is 13.2 Å². The van der Waals surface area contributed by atoms with Gasteiger partial charge < -0.3 is 19.8 Å². The molecule has 3 atom stereocenters. The van der Waals surface area contributed by atoms with Crippen LogP contribution in [0.25, 0.3) is 0 Å². The Balaban J connectivity index is 4.02. The van der Waals surface area contributed by atoms with Crippen molar-refractivity contribution in [2.75, 3.05) is 40.9 Å². The second-order valence-corrected chi connectivity index (χ2v) is 25.7. The van der Waals surface area contributed by atoms with E-state index in [-0.39, 0.29) is 19.1 Å². The second-order valence-electron chi connectivity index (χ2n) is 24.2. The van der Waals surface area contributed by atoms with Crippen LogP contribution in [-0.4, -0.2) is 73.4 Å². The number of carbonyl (C=O) groups is 1. The van der Waals surface area contributed by atoms with Gasteiger partial charge in [0.2, 0.25) is 5.91 Å². The van der Waals surface area contributed by atoms with Crippen LogP contribution >= 0.6 is 7.82 Å². The van der Waals surface area contributed by atoms with Crippen LogP contribution in [0.15, 0.2) is 0 Å². The number of aliphatic hydroxyl groups excluding tert-OH is 1. The Morgan fingerprint density at radius 3 is 0.918 bits per heavy atom. The molecule has 0 aliphatic heterocycles. The zero-order chi connectivity index (χ0) is 53.5. The normalized spacial score (nSPS) is 13.7. The van der Waals surface area contributed by atoms with Gasteiger partial charge in [-0.15, -0.1) is 0 Å². The van der Waals surface area contributed by atoms with Crippen molar-refractivity contribution in [3.05, 3.63) is 0 Å². The van der Waals surface area contributed by atoms with E-state index in [9.17, 15) is 19.4 Å². The minimum atomic E-state index is -4.32. The topological polar surface area (TPSA) is 105 Å². The van der Waals surface area contributed by atoms with Crippen molar-refractivity contribution in [3.63, 3.8) is 0 Å². The summed E-state index contributed by atoms with van der Waals surface area (Å²) >= 11 is 0. The van der Waals surface area contributed by atoms with Crippen LogP contribution < -0.4 is 5.32 Å². The van der Waals surface area contributed by atoms with Gasteiger partial charge in [-0.3, -0.25) is 13.8 Å². The monoisotopic (exact) mass is 1060 g/mol. The smallest absolute Gasteiger partial charge is 0.391 e. The van der Waals surface area contributed by atoms with Crippen LogP contribution in [0.3, 0.4) is 0 Å². The molecule has 0 fully saturated rings. The predicted octanol–water partition coefficient (Wildman–Crippen LogP) is 20.4. The van der Waals surface area contributed by atoms with E-state index in [1.807, 2.05) is 21.1 Å². The lowest BCUT2D eigenvalue weighted by Crippen LogP contribution is -2.46. The molecule has 9 heteroatoms. The summed E-state index contributed by atoms with van der Waals surface area (Å²) in [5.74, 6) is -0.134. The summed E-state index contributed by atoms with van der Waals surface area (Å²) in [6.45, 7) is 4.96. The summed E-state index contributed by atoms with van der Waals surface area (Å²) in [5.41, 5.74) is 0. The number of nitrogens with zero attached hydrogens (tertiary/aromatic N) is 1. The maximum Gasteiger partial charge on any atom is 0.472 e. The van der Waals surface area contributed by atoms with Gasteiger partial charge >= 0.3 is 7.82 Å². The molecular formula is C64H132N2O6P+. The average molecular weight is 1060 g/mol. The Hall–Kier alpha value is -0.500. The van der Waals surface area contributed by atoms with E-state index in [2.05, 4.69) is 19.2 Å². The highest BCUT2D eigenvalue weighted by Gasteiger charge is 2.28. The number of likely N-dealkylation sites (N-methyl/N-ethyl adjacent to an activating group) is 1. The van der Waals surface area contributed by atoms with Crippen LogP contribution in [0, 0.1) is 0 Å². The molecule has 0 rings (SSSR count). The molecule has 438 valence electrons. The highest BCUT2D eigenvalue weighted by molar-refractivity contribution is 7.47. The molecule has 0 saturated heterocycles. The van der Waals surface area contributed by atoms with Crippen molar-refractivity contribution in [1.29, 1.82) is 0 Å². The molecule has 0 saturated carbocycles. The van der Waals surface area contributed by atoms with Crippen LogP contribution in [0.2, 0.25) is 0 Å². The summed E-state index contributed by atoms with van der Waals surface area (Å²) in [4.78, 5) is 23.4. The van der Waals surface area contributed by atoms with Crippen LogP contribution in [0.1, 0.15) is 354 Å². The number of aliphatic hydroxyl groups is 1. The van der Waals surface area contributed by atoms with Gasteiger partial charge in [-0.2, -0.15) is 0 Å². The molecule has 0 aromatic rings. The number of amides is 1. The first-order valence-electron chi connectivity index (χ1n) is 32.9. The zero-order valence-electron chi connectivity index (χ0n) is 50.2. The molecule has 0 aliphatic rings. The number of phosphoric acid groups is 1. The van der Waals surface area contributed by atoms with Gasteiger partial charge in [0.25, 0.3) is 0 Å². The average Bonchev–Trinajstić information content (AvgIpc) is 3.35. The Bertz CT molecular complexity index is 1150. The number of hydrogen-bond acceptors (Lipinski definition) is 5. The molecule has 0 aliphatic carbocycles. The van der Waals surface area contributed by atoms with E-state index < -0.39 is 20.0 Å². The van der Waals surface area contributed by atoms with Gasteiger partial charge in [-0.1, -0.05) is 335 Å². The third-order valence-electron chi connectivity index (χ3n) is 15.6. The SMILES string of the molecule is CCCCCCCCCCCCCCCCCCCCCCCCCCCCCCC(=O)NC(COP(=O)(O)OCC[N+](C)(C)C)C(O)CCCCCCCCCCCCCCCCCCCCCCCCC. The van der Waals surface area contributed by atoms with Crippen LogP contribution in [0.5, 0.6) is 0 Å². The van der Waals surface area contributed by atoms with Crippen molar-refractivity contribution in [2.24, 2.45) is 0 Å². The Kier molecular flexibility index (Phi) is 55.8. The van der Waals surface area contributed by atoms with Crippen molar-refractivity contribution in [3.8, 4) is 0 Å². The highest BCUT2D eigenvalue weighted by Crippen LogP contribution is 2.43. The summed E-state index contributed by atoms with van der Waals surface area (Å²) in [5, 5.41) is 14.1. The summed E-state index contributed by atoms with van der Waals surface area (Å²) < 4.78 is 23.9. The molecular weight excluding hydrogens is 924 g/mol. The van der Waals surface area contributed by atoms with Crippen molar-refractivity contribution in [2.45, 2.75) is 366 Å². The maximum absolute atomic E-state index is 13.0. The quantitative estimate of drug-likeness (QED) is 0.0318. The largest absolute Gasteiger partial charge is 0.472 e. The standard InChI is InChI=1S/C64H131N2O6P/c1-6-8-10-12-14-16-18-20-22-24-26-28-30-31-32-33-34-36-38-40-42-44-46-48-50-52-54-56-58-64(68)65-62(61-72-73(69,70)71-60-59-66(3,4)5)63(67)57-55-53-51-49-47-45-43-41-39-37-35-29-27-25-23-21-19-17-15-13-11-9-7-2/h62-63,67H,6-61H2,1-5H3,(H-,65,68,69,70)/p+1. The van der Waals surface area contributed by atoms with E-state index in [1.54, 1.807) is 0 Å². The fourth-order valence-electron chi connectivity index (χ4n) is 10.5. The van der Waals surface area contributed by atoms with E-state index in [0.29, 0.717) is 23.9 Å². The molecule has 1 amide bonds. The van der Waals surface area contributed by atoms with Gasteiger partial charge in [-0.05, 0) is 12.8 Å². The number of rotatable bonds is 62. The minimum Gasteiger partial charge on any atom is -0.391 e. The van der Waals surface area contributed by atoms with Gasteiger partial charge in [0.05, 0.1) is 39.9 Å². The van der Waals surface area contributed by atoms with E-state index in [4.69, 9.17) is 9.05 Å². The van der Waals surface area contributed by atoms with Crippen LogP contribution in [0.4, 0.5) is 0 Å². The summed E-state index contributed by atoms with van der Waals surface area (Å²) in [7, 11) is 1.64. The fourth-order valence-corrected chi connectivity index (χ4v) is 11.2. The molecule has 0 heterocycles. The summed E-state index contributed by atoms with van der Waals surface area (Å²) in [6, 6.07) is -0.756. The van der Waals surface area contributed by atoms with Crippen molar-refractivity contribution >= 4 is 13.7 Å². The van der Waals surface area contributed by atoms with E-state index in [1.165, 1.54) is 289 Å². The van der Waals surface area contributed by atoms with Gasteiger partial charge in [-0.25, -0.2) is 4.57 Å².